The molecule has 1 aliphatic carbocycles. The molecule has 2 rings (SSSR count). The van der Waals surface area contributed by atoms with Gasteiger partial charge in [0.1, 0.15) is 4.90 Å². The summed E-state index contributed by atoms with van der Waals surface area (Å²) in [6, 6.07) is 2.47. The molecule has 8 heteroatoms. The van der Waals surface area contributed by atoms with Crippen LogP contribution in [0, 0.1) is 5.92 Å². The van der Waals surface area contributed by atoms with Crippen LogP contribution in [0.5, 0.6) is 0 Å². The number of carbonyl (C=O) groups excluding carboxylic acids is 1. The zero-order valence-corrected chi connectivity index (χ0v) is 13.6. The van der Waals surface area contributed by atoms with Crippen LogP contribution in [-0.4, -0.2) is 20.9 Å². The SMILES string of the molecule is NS(=O)(=O)c1cc(C(=O)NCCCC2CC2)cc(Cl)c1Cl. The topological polar surface area (TPSA) is 89.3 Å². The highest BCUT2D eigenvalue weighted by Gasteiger charge is 2.21. The van der Waals surface area contributed by atoms with E-state index in [1.165, 1.54) is 18.9 Å². The molecule has 116 valence electrons. The largest absolute Gasteiger partial charge is 0.352 e. The number of rotatable bonds is 6. The number of halogens is 2. The molecule has 1 saturated carbocycles. The van der Waals surface area contributed by atoms with E-state index in [4.69, 9.17) is 28.3 Å². The van der Waals surface area contributed by atoms with Gasteiger partial charge in [-0.05, 0) is 30.9 Å². The molecule has 0 atom stereocenters. The Morgan fingerprint density at radius 2 is 2.00 bits per heavy atom. The van der Waals surface area contributed by atoms with Crippen LogP contribution in [0.15, 0.2) is 17.0 Å². The molecule has 0 spiro atoms. The van der Waals surface area contributed by atoms with Gasteiger partial charge in [0, 0.05) is 12.1 Å². The Balaban J connectivity index is 2.07. The van der Waals surface area contributed by atoms with Gasteiger partial charge in [-0.2, -0.15) is 0 Å². The summed E-state index contributed by atoms with van der Waals surface area (Å²) in [7, 11) is -4.04. The van der Waals surface area contributed by atoms with Crippen molar-refractivity contribution in [3.05, 3.63) is 27.7 Å². The lowest BCUT2D eigenvalue weighted by Crippen LogP contribution is -2.25. The Hall–Kier alpha value is -0.820. The summed E-state index contributed by atoms with van der Waals surface area (Å²) in [4.78, 5) is 11.7. The molecule has 0 saturated heterocycles. The zero-order valence-electron chi connectivity index (χ0n) is 11.2. The predicted octanol–water partition coefficient (Wildman–Crippen LogP) is 2.56. The van der Waals surface area contributed by atoms with E-state index in [1.807, 2.05) is 0 Å². The van der Waals surface area contributed by atoms with Gasteiger partial charge in [0.25, 0.3) is 5.91 Å². The lowest BCUT2D eigenvalue weighted by atomic mass is 10.2. The summed E-state index contributed by atoms with van der Waals surface area (Å²) in [6.45, 7) is 0.542. The molecule has 3 N–H and O–H groups in total. The van der Waals surface area contributed by atoms with Gasteiger partial charge in [-0.1, -0.05) is 36.0 Å². The molecule has 21 heavy (non-hydrogen) atoms. The van der Waals surface area contributed by atoms with Crippen LogP contribution in [0.4, 0.5) is 0 Å². The molecule has 1 aromatic carbocycles. The summed E-state index contributed by atoms with van der Waals surface area (Å²) in [5.41, 5.74) is 0.125. The van der Waals surface area contributed by atoms with Crippen molar-refractivity contribution in [2.24, 2.45) is 11.1 Å². The van der Waals surface area contributed by atoms with Gasteiger partial charge in [0.05, 0.1) is 10.0 Å². The average molecular weight is 351 g/mol. The van der Waals surface area contributed by atoms with E-state index in [0.29, 0.717) is 6.54 Å². The number of amides is 1. The standard InChI is InChI=1S/C13H16Cl2N2O3S/c14-10-6-9(7-11(12(10)15)21(16,19)20)13(18)17-5-1-2-8-3-4-8/h6-8H,1-5H2,(H,17,18)(H2,16,19,20). The molecule has 1 amide bonds. The minimum Gasteiger partial charge on any atom is -0.352 e. The summed E-state index contributed by atoms with van der Waals surface area (Å²) in [5.74, 6) is 0.412. The zero-order chi connectivity index (χ0) is 15.6. The molecular weight excluding hydrogens is 335 g/mol. The number of benzene rings is 1. The second-order valence-electron chi connectivity index (χ2n) is 5.16. The number of hydrogen-bond donors (Lipinski definition) is 2. The Morgan fingerprint density at radius 3 is 2.57 bits per heavy atom. The molecular formula is C13H16Cl2N2O3S. The van der Waals surface area contributed by atoms with Crippen molar-refractivity contribution < 1.29 is 13.2 Å². The van der Waals surface area contributed by atoms with Crippen molar-refractivity contribution in [1.29, 1.82) is 0 Å². The van der Waals surface area contributed by atoms with Crippen LogP contribution in [0.2, 0.25) is 10.0 Å². The summed E-state index contributed by atoms with van der Waals surface area (Å²) in [5, 5.41) is 7.59. The van der Waals surface area contributed by atoms with E-state index in [-0.39, 0.29) is 20.5 Å². The predicted molar refractivity (Wildman–Crippen MR) is 82.1 cm³/mol. The summed E-state index contributed by atoms with van der Waals surface area (Å²) < 4.78 is 22.9. The number of sulfonamides is 1. The summed E-state index contributed by atoms with van der Waals surface area (Å²) >= 11 is 11.6. The second kappa shape index (κ2) is 6.52. The van der Waals surface area contributed by atoms with Crippen molar-refractivity contribution in [2.75, 3.05) is 6.54 Å². The Kier molecular flexibility index (Phi) is 5.14. The fourth-order valence-corrected chi connectivity index (χ4v) is 3.36. The van der Waals surface area contributed by atoms with E-state index in [1.54, 1.807) is 0 Å². The highest BCUT2D eigenvalue weighted by Crippen LogP contribution is 2.33. The third-order valence-electron chi connectivity index (χ3n) is 3.34. The van der Waals surface area contributed by atoms with Crippen molar-refractivity contribution in [2.45, 2.75) is 30.6 Å². The van der Waals surface area contributed by atoms with Crippen LogP contribution in [-0.2, 0) is 10.0 Å². The molecule has 5 nitrogen and oxygen atoms in total. The minimum atomic E-state index is -4.04. The fraction of sp³-hybridized carbons (Fsp3) is 0.462. The molecule has 0 aromatic heterocycles. The molecule has 0 unspecified atom stereocenters. The summed E-state index contributed by atoms with van der Waals surface area (Å²) in [6.07, 6.45) is 4.56. The molecule has 0 bridgehead atoms. The highest BCUT2D eigenvalue weighted by molar-refractivity contribution is 7.89. The van der Waals surface area contributed by atoms with E-state index >= 15 is 0 Å². The Labute approximate surface area is 133 Å². The maximum Gasteiger partial charge on any atom is 0.251 e. The van der Waals surface area contributed by atoms with Gasteiger partial charge in [0.15, 0.2) is 0 Å². The first kappa shape index (κ1) is 16.5. The quantitative estimate of drug-likeness (QED) is 0.772. The maximum atomic E-state index is 12.0. The smallest absolute Gasteiger partial charge is 0.251 e. The number of primary sulfonamides is 1. The van der Waals surface area contributed by atoms with Gasteiger partial charge < -0.3 is 5.32 Å². The molecule has 1 aromatic rings. The van der Waals surface area contributed by atoms with Gasteiger partial charge in [0.2, 0.25) is 10.0 Å². The second-order valence-corrected chi connectivity index (χ2v) is 7.47. The van der Waals surface area contributed by atoms with Crippen LogP contribution < -0.4 is 10.5 Å². The molecule has 0 radical (unpaired) electrons. The Morgan fingerprint density at radius 1 is 1.33 bits per heavy atom. The lowest BCUT2D eigenvalue weighted by molar-refractivity contribution is 0.0952. The minimum absolute atomic E-state index is 0.0219. The third-order valence-corrected chi connectivity index (χ3v) is 5.18. The van der Waals surface area contributed by atoms with Crippen LogP contribution in [0.1, 0.15) is 36.0 Å². The monoisotopic (exact) mass is 350 g/mol. The van der Waals surface area contributed by atoms with Gasteiger partial charge in [-0.25, -0.2) is 13.6 Å². The number of carbonyl (C=O) groups is 1. The van der Waals surface area contributed by atoms with E-state index in [9.17, 15) is 13.2 Å². The van der Waals surface area contributed by atoms with Gasteiger partial charge in [-0.15, -0.1) is 0 Å². The maximum absolute atomic E-state index is 12.0. The first-order valence-corrected chi connectivity index (χ1v) is 8.89. The Bertz CT molecular complexity index is 658. The van der Waals surface area contributed by atoms with E-state index < -0.39 is 15.9 Å². The van der Waals surface area contributed by atoms with Crippen LogP contribution in [0.25, 0.3) is 0 Å². The van der Waals surface area contributed by atoms with Crippen LogP contribution >= 0.6 is 23.2 Å². The molecule has 1 aliphatic rings. The third kappa shape index (κ3) is 4.57. The molecule has 0 aliphatic heterocycles. The van der Waals surface area contributed by atoms with Crippen molar-refractivity contribution >= 4 is 39.1 Å². The van der Waals surface area contributed by atoms with Gasteiger partial charge in [-0.3, -0.25) is 4.79 Å². The number of hydrogen-bond acceptors (Lipinski definition) is 3. The van der Waals surface area contributed by atoms with Crippen molar-refractivity contribution in [1.82, 2.24) is 5.32 Å². The first-order valence-electron chi connectivity index (χ1n) is 6.59. The van der Waals surface area contributed by atoms with Gasteiger partial charge >= 0.3 is 0 Å². The fourth-order valence-electron chi connectivity index (χ4n) is 2.00. The molecule has 1 fully saturated rings. The van der Waals surface area contributed by atoms with E-state index in [0.717, 1.165) is 24.8 Å². The number of nitrogens with one attached hydrogen (secondary N) is 1. The normalized spacial score (nSPS) is 15.0. The van der Waals surface area contributed by atoms with Crippen LogP contribution in [0.3, 0.4) is 0 Å². The number of nitrogens with two attached hydrogens (primary N) is 1. The lowest BCUT2D eigenvalue weighted by Gasteiger charge is -2.09. The average Bonchev–Trinajstić information content (AvgIpc) is 3.20. The molecule has 0 heterocycles. The van der Waals surface area contributed by atoms with Crippen molar-refractivity contribution in [3.63, 3.8) is 0 Å². The highest BCUT2D eigenvalue weighted by atomic mass is 35.5. The van der Waals surface area contributed by atoms with Crippen molar-refractivity contribution in [3.8, 4) is 0 Å². The van der Waals surface area contributed by atoms with E-state index in [2.05, 4.69) is 5.32 Å². The first-order chi connectivity index (χ1) is 9.79.